The van der Waals surface area contributed by atoms with Crippen molar-refractivity contribution in [2.24, 2.45) is 5.41 Å². The van der Waals surface area contributed by atoms with Crippen LogP contribution in [0.1, 0.15) is 12.8 Å². The lowest BCUT2D eigenvalue weighted by Gasteiger charge is -2.12. The van der Waals surface area contributed by atoms with Crippen LogP contribution in [0.15, 0.2) is 34.9 Å². The van der Waals surface area contributed by atoms with Crippen molar-refractivity contribution >= 4 is 16.7 Å². The minimum atomic E-state index is 0.123. The molecule has 0 spiro atoms. The van der Waals surface area contributed by atoms with E-state index < -0.39 is 0 Å². The largest absolute Gasteiger partial charge is 0.462 e. The number of hydrogen-bond donors (Lipinski definition) is 2. The molecular weight excluding hydrogens is 202 g/mol. The summed E-state index contributed by atoms with van der Waals surface area (Å²) < 4.78 is 5.44. The van der Waals surface area contributed by atoms with Crippen LogP contribution in [-0.2, 0) is 0 Å². The molecule has 1 saturated carbocycles. The van der Waals surface area contributed by atoms with E-state index in [0.717, 1.165) is 36.0 Å². The molecule has 16 heavy (non-hydrogen) atoms. The maximum absolute atomic E-state index is 9.24. The van der Waals surface area contributed by atoms with Gasteiger partial charge in [0.25, 0.3) is 0 Å². The molecule has 0 atom stereocenters. The van der Waals surface area contributed by atoms with E-state index >= 15 is 0 Å². The van der Waals surface area contributed by atoms with Crippen molar-refractivity contribution in [1.82, 2.24) is 0 Å². The van der Waals surface area contributed by atoms with E-state index in [0.29, 0.717) is 0 Å². The van der Waals surface area contributed by atoms with Crippen LogP contribution in [0.4, 0.5) is 5.69 Å². The Morgan fingerprint density at radius 1 is 1.31 bits per heavy atom. The van der Waals surface area contributed by atoms with Gasteiger partial charge in [0, 0.05) is 17.3 Å². The molecular formula is C13H15NO2. The number of anilines is 1. The normalized spacial score (nSPS) is 17.6. The summed E-state index contributed by atoms with van der Waals surface area (Å²) in [6.07, 6.45) is 3.98. The molecule has 3 nitrogen and oxygen atoms in total. The molecule has 0 aliphatic heterocycles. The van der Waals surface area contributed by atoms with Gasteiger partial charge in [-0.2, -0.15) is 0 Å². The highest BCUT2D eigenvalue weighted by Gasteiger charge is 2.41. The molecule has 1 aliphatic carbocycles. The number of aliphatic hydroxyl groups excluding tert-OH is 1. The standard InChI is InChI=1S/C13H15NO2/c15-9-13(5-6-13)8-14-11-7-16-12-4-2-1-3-10(11)12/h1-4,7,14-15H,5-6,8-9H2. The maximum Gasteiger partial charge on any atom is 0.136 e. The molecule has 3 heteroatoms. The Labute approximate surface area is 94.1 Å². The molecule has 1 heterocycles. The Morgan fingerprint density at radius 2 is 2.12 bits per heavy atom. The lowest BCUT2D eigenvalue weighted by Crippen LogP contribution is -2.18. The summed E-state index contributed by atoms with van der Waals surface area (Å²) in [5, 5.41) is 13.7. The lowest BCUT2D eigenvalue weighted by atomic mass is 10.1. The van der Waals surface area contributed by atoms with Crippen molar-refractivity contribution in [3.05, 3.63) is 30.5 Å². The monoisotopic (exact) mass is 217 g/mol. The quantitative estimate of drug-likeness (QED) is 0.827. The highest BCUT2D eigenvalue weighted by Crippen LogP contribution is 2.45. The Kier molecular flexibility index (Phi) is 2.14. The SMILES string of the molecule is OCC1(CNc2coc3ccccc23)CC1. The minimum Gasteiger partial charge on any atom is -0.462 e. The number of benzene rings is 1. The summed E-state index contributed by atoms with van der Waals surface area (Å²) in [5.74, 6) is 0. The first-order chi connectivity index (χ1) is 7.83. The Bertz CT molecular complexity index is 499. The van der Waals surface area contributed by atoms with Gasteiger partial charge in [0.05, 0.1) is 12.3 Å². The summed E-state index contributed by atoms with van der Waals surface area (Å²) in [6.45, 7) is 1.10. The summed E-state index contributed by atoms with van der Waals surface area (Å²) in [6, 6.07) is 7.97. The number of fused-ring (bicyclic) bond motifs is 1. The molecule has 3 rings (SSSR count). The van der Waals surface area contributed by atoms with Crippen molar-refractivity contribution in [2.45, 2.75) is 12.8 Å². The second kappa shape index (κ2) is 3.52. The number of furan rings is 1. The molecule has 2 aromatic rings. The second-order valence-electron chi connectivity index (χ2n) is 4.66. The van der Waals surface area contributed by atoms with Gasteiger partial charge in [-0.15, -0.1) is 0 Å². The molecule has 0 saturated heterocycles. The minimum absolute atomic E-state index is 0.123. The molecule has 2 N–H and O–H groups in total. The first kappa shape index (κ1) is 9.73. The van der Waals surface area contributed by atoms with Crippen molar-refractivity contribution in [1.29, 1.82) is 0 Å². The summed E-state index contributed by atoms with van der Waals surface area (Å²) in [5.41, 5.74) is 2.05. The van der Waals surface area contributed by atoms with Crippen LogP contribution in [0.25, 0.3) is 11.0 Å². The van der Waals surface area contributed by atoms with Crippen LogP contribution in [0.5, 0.6) is 0 Å². The summed E-state index contributed by atoms with van der Waals surface area (Å²) in [4.78, 5) is 0. The fraction of sp³-hybridized carbons (Fsp3) is 0.385. The van der Waals surface area contributed by atoms with E-state index in [4.69, 9.17) is 4.42 Å². The number of para-hydroxylation sites is 1. The van der Waals surface area contributed by atoms with Gasteiger partial charge < -0.3 is 14.8 Å². The highest BCUT2D eigenvalue weighted by atomic mass is 16.3. The van der Waals surface area contributed by atoms with Crippen LogP contribution >= 0.6 is 0 Å². The molecule has 1 aromatic heterocycles. The first-order valence-electron chi connectivity index (χ1n) is 5.64. The van der Waals surface area contributed by atoms with E-state index in [1.807, 2.05) is 24.3 Å². The highest BCUT2D eigenvalue weighted by molar-refractivity contribution is 5.90. The molecule has 0 unspecified atom stereocenters. The van der Waals surface area contributed by atoms with Gasteiger partial charge >= 0.3 is 0 Å². The molecule has 1 aromatic carbocycles. The maximum atomic E-state index is 9.24. The summed E-state index contributed by atoms with van der Waals surface area (Å²) in [7, 11) is 0. The predicted octanol–water partition coefficient (Wildman–Crippen LogP) is 2.62. The van der Waals surface area contributed by atoms with Gasteiger partial charge in [0.1, 0.15) is 11.8 Å². The smallest absolute Gasteiger partial charge is 0.136 e. The van der Waals surface area contributed by atoms with E-state index in [1.165, 1.54) is 0 Å². The van der Waals surface area contributed by atoms with Gasteiger partial charge in [-0.05, 0) is 25.0 Å². The van der Waals surface area contributed by atoms with E-state index in [2.05, 4.69) is 5.32 Å². The third kappa shape index (κ3) is 1.57. The molecule has 0 bridgehead atoms. The van der Waals surface area contributed by atoms with Crippen molar-refractivity contribution in [3.63, 3.8) is 0 Å². The fourth-order valence-electron chi connectivity index (χ4n) is 1.96. The zero-order valence-corrected chi connectivity index (χ0v) is 9.07. The Morgan fingerprint density at radius 3 is 2.88 bits per heavy atom. The van der Waals surface area contributed by atoms with Crippen LogP contribution in [0.2, 0.25) is 0 Å². The van der Waals surface area contributed by atoms with Gasteiger partial charge in [-0.3, -0.25) is 0 Å². The number of aliphatic hydroxyl groups is 1. The molecule has 0 amide bonds. The van der Waals surface area contributed by atoms with Crippen molar-refractivity contribution in [2.75, 3.05) is 18.5 Å². The van der Waals surface area contributed by atoms with Gasteiger partial charge in [-0.1, -0.05) is 12.1 Å². The number of rotatable bonds is 4. The number of nitrogens with one attached hydrogen (secondary N) is 1. The van der Waals surface area contributed by atoms with E-state index in [1.54, 1.807) is 6.26 Å². The average Bonchev–Trinajstić information content (AvgIpc) is 3.01. The van der Waals surface area contributed by atoms with Crippen molar-refractivity contribution < 1.29 is 9.52 Å². The predicted molar refractivity (Wildman–Crippen MR) is 63.5 cm³/mol. The van der Waals surface area contributed by atoms with Crippen LogP contribution in [0.3, 0.4) is 0 Å². The molecule has 84 valence electrons. The third-order valence-electron chi connectivity index (χ3n) is 3.43. The first-order valence-corrected chi connectivity index (χ1v) is 5.64. The molecule has 1 aliphatic rings. The fourth-order valence-corrected chi connectivity index (χ4v) is 1.96. The van der Waals surface area contributed by atoms with Crippen LogP contribution in [0, 0.1) is 5.41 Å². The summed E-state index contributed by atoms with van der Waals surface area (Å²) >= 11 is 0. The second-order valence-corrected chi connectivity index (χ2v) is 4.66. The van der Waals surface area contributed by atoms with Crippen molar-refractivity contribution in [3.8, 4) is 0 Å². The van der Waals surface area contributed by atoms with Gasteiger partial charge in [0.15, 0.2) is 0 Å². The van der Waals surface area contributed by atoms with Crippen LogP contribution < -0.4 is 5.32 Å². The Hall–Kier alpha value is -1.48. The lowest BCUT2D eigenvalue weighted by molar-refractivity contribution is 0.220. The zero-order chi connectivity index (χ0) is 11.0. The zero-order valence-electron chi connectivity index (χ0n) is 9.07. The third-order valence-corrected chi connectivity index (χ3v) is 3.43. The van der Waals surface area contributed by atoms with E-state index in [9.17, 15) is 5.11 Å². The molecule has 1 fully saturated rings. The van der Waals surface area contributed by atoms with Gasteiger partial charge in [-0.25, -0.2) is 0 Å². The van der Waals surface area contributed by atoms with Crippen LogP contribution in [-0.4, -0.2) is 18.3 Å². The van der Waals surface area contributed by atoms with Gasteiger partial charge in [0.2, 0.25) is 0 Å². The topological polar surface area (TPSA) is 45.4 Å². The number of hydrogen-bond acceptors (Lipinski definition) is 3. The average molecular weight is 217 g/mol. The Balaban J connectivity index is 1.79. The molecule has 0 radical (unpaired) electrons. The van der Waals surface area contributed by atoms with E-state index in [-0.39, 0.29) is 12.0 Å².